The Labute approximate surface area is 117 Å². The molecule has 0 saturated heterocycles. The Bertz CT molecular complexity index is 541. The second kappa shape index (κ2) is 5.97. The number of hydrogen-bond acceptors (Lipinski definition) is 3. The first-order valence-electron chi connectivity index (χ1n) is 6.31. The lowest BCUT2D eigenvalue weighted by molar-refractivity contribution is 0.0959. The van der Waals surface area contributed by atoms with Gasteiger partial charge in [0, 0.05) is 0 Å². The summed E-state index contributed by atoms with van der Waals surface area (Å²) in [4.78, 5) is 12.5. The van der Waals surface area contributed by atoms with E-state index in [9.17, 15) is 4.79 Å². The average Bonchev–Trinajstić information content (AvgIpc) is 2.91. The van der Waals surface area contributed by atoms with E-state index in [2.05, 4.69) is 23.2 Å². The van der Waals surface area contributed by atoms with Gasteiger partial charge in [-0.3, -0.25) is 4.79 Å². The van der Waals surface area contributed by atoms with Gasteiger partial charge in [-0.2, -0.15) is 5.10 Å². The van der Waals surface area contributed by atoms with E-state index in [-0.39, 0.29) is 5.91 Å². The molecule has 100 valence electrons. The fourth-order valence-corrected chi connectivity index (χ4v) is 2.62. The molecule has 0 aliphatic heterocycles. The first-order chi connectivity index (χ1) is 9.08. The molecule has 0 aromatic carbocycles. The highest BCUT2D eigenvalue weighted by atomic mass is 32.1. The SMILES string of the molecule is C=C(C)[C@@H]1CC=C(C)C(=NNC(=O)c2cccs2)C1. The highest BCUT2D eigenvalue weighted by Crippen LogP contribution is 2.26. The molecule has 19 heavy (non-hydrogen) atoms. The normalized spacial score (nSPS) is 21.1. The molecule has 1 N–H and O–H groups in total. The largest absolute Gasteiger partial charge is 0.281 e. The summed E-state index contributed by atoms with van der Waals surface area (Å²) >= 11 is 1.41. The number of amides is 1. The van der Waals surface area contributed by atoms with Crippen molar-refractivity contribution in [2.75, 3.05) is 0 Å². The van der Waals surface area contributed by atoms with Crippen molar-refractivity contribution in [2.45, 2.75) is 26.7 Å². The molecule has 0 spiro atoms. The minimum Gasteiger partial charge on any atom is -0.266 e. The molecule has 1 aliphatic carbocycles. The molecule has 1 atom stereocenters. The third kappa shape index (κ3) is 3.41. The summed E-state index contributed by atoms with van der Waals surface area (Å²) in [5.74, 6) is 0.286. The minimum atomic E-state index is -0.146. The van der Waals surface area contributed by atoms with Crippen molar-refractivity contribution >= 4 is 23.0 Å². The lowest BCUT2D eigenvalue weighted by Gasteiger charge is -2.22. The van der Waals surface area contributed by atoms with E-state index < -0.39 is 0 Å². The topological polar surface area (TPSA) is 41.5 Å². The highest BCUT2D eigenvalue weighted by molar-refractivity contribution is 7.12. The van der Waals surface area contributed by atoms with E-state index >= 15 is 0 Å². The number of allylic oxidation sites excluding steroid dienone is 3. The van der Waals surface area contributed by atoms with Gasteiger partial charge >= 0.3 is 0 Å². The van der Waals surface area contributed by atoms with Gasteiger partial charge in [-0.1, -0.05) is 24.3 Å². The van der Waals surface area contributed by atoms with Crippen molar-refractivity contribution in [1.82, 2.24) is 5.43 Å². The predicted octanol–water partition coefficient (Wildman–Crippen LogP) is 3.77. The van der Waals surface area contributed by atoms with Crippen LogP contribution in [0.5, 0.6) is 0 Å². The van der Waals surface area contributed by atoms with Gasteiger partial charge in [-0.15, -0.1) is 11.3 Å². The van der Waals surface area contributed by atoms with Gasteiger partial charge in [0.05, 0.1) is 10.6 Å². The van der Waals surface area contributed by atoms with Crippen LogP contribution in [0.2, 0.25) is 0 Å². The second-order valence-electron chi connectivity index (χ2n) is 4.85. The molecule has 1 aromatic heterocycles. The van der Waals surface area contributed by atoms with E-state index in [0.717, 1.165) is 24.1 Å². The van der Waals surface area contributed by atoms with Crippen LogP contribution in [0.25, 0.3) is 0 Å². The highest BCUT2D eigenvalue weighted by Gasteiger charge is 2.18. The van der Waals surface area contributed by atoms with E-state index in [4.69, 9.17) is 0 Å². The zero-order valence-electron chi connectivity index (χ0n) is 11.3. The third-order valence-electron chi connectivity index (χ3n) is 3.34. The summed E-state index contributed by atoms with van der Waals surface area (Å²) in [5.41, 5.74) is 5.89. The Morgan fingerprint density at radius 2 is 2.37 bits per heavy atom. The van der Waals surface area contributed by atoms with Crippen LogP contribution in [0, 0.1) is 5.92 Å². The molecular weight excluding hydrogens is 256 g/mol. The molecule has 1 aliphatic rings. The smallest absolute Gasteiger partial charge is 0.266 e. The molecule has 1 heterocycles. The van der Waals surface area contributed by atoms with Crippen LogP contribution in [-0.2, 0) is 0 Å². The van der Waals surface area contributed by atoms with Gasteiger partial charge in [0.1, 0.15) is 0 Å². The van der Waals surface area contributed by atoms with Gasteiger partial charge in [0.2, 0.25) is 0 Å². The number of nitrogens with zero attached hydrogens (tertiary/aromatic N) is 1. The van der Waals surface area contributed by atoms with E-state index in [0.29, 0.717) is 10.8 Å². The number of hydrazone groups is 1. The molecule has 0 unspecified atom stereocenters. The van der Waals surface area contributed by atoms with Crippen molar-refractivity contribution in [1.29, 1.82) is 0 Å². The number of carbonyl (C=O) groups is 1. The van der Waals surface area contributed by atoms with Gasteiger partial charge in [-0.05, 0) is 49.6 Å². The fraction of sp³-hybridized carbons (Fsp3) is 0.333. The molecule has 2 rings (SSSR count). The lowest BCUT2D eigenvalue weighted by Crippen LogP contribution is -2.22. The molecule has 1 aromatic rings. The summed E-state index contributed by atoms with van der Waals surface area (Å²) in [6.45, 7) is 8.08. The zero-order chi connectivity index (χ0) is 13.8. The van der Waals surface area contributed by atoms with Crippen LogP contribution in [-0.4, -0.2) is 11.6 Å². The van der Waals surface area contributed by atoms with Crippen LogP contribution in [0.1, 0.15) is 36.4 Å². The van der Waals surface area contributed by atoms with Gasteiger partial charge in [0.15, 0.2) is 0 Å². The molecule has 3 nitrogen and oxygen atoms in total. The molecule has 1 amide bonds. The molecular formula is C15H18N2OS. The molecule has 0 radical (unpaired) electrons. The van der Waals surface area contributed by atoms with Gasteiger partial charge in [-0.25, -0.2) is 5.43 Å². The monoisotopic (exact) mass is 274 g/mol. The quantitative estimate of drug-likeness (QED) is 0.661. The maximum atomic E-state index is 11.8. The number of rotatable bonds is 3. The first kappa shape index (κ1) is 13.7. The van der Waals surface area contributed by atoms with Crippen molar-refractivity contribution in [3.8, 4) is 0 Å². The summed E-state index contributed by atoms with van der Waals surface area (Å²) in [6.07, 6.45) is 4.03. The Morgan fingerprint density at radius 3 is 3.00 bits per heavy atom. The summed E-state index contributed by atoms with van der Waals surface area (Å²) < 4.78 is 0. The second-order valence-corrected chi connectivity index (χ2v) is 5.79. The summed E-state index contributed by atoms with van der Waals surface area (Å²) in [6, 6.07) is 3.65. The van der Waals surface area contributed by atoms with Crippen LogP contribution >= 0.6 is 11.3 Å². The standard InChI is InChI=1S/C15H18N2OS/c1-10(2)12-7-6-11(3)13(9-12)16-17-15(18)14-5-4-8-19-14/h4-6,8,12H,1,7,9H2,2-3H3,(H,17,18)/t12-/m1/s1. The number of nitrogens with one attached hydrogen (secondary N) is 1. The van der Waals surface area contributed by atoms with E-state index in [1.807, 2.05) is 25.3 Å². The van der Waals surface area contributed by atoms with Gasteiger partial charge in [0.25, 0.3) is 5.91 Å². The fourth-order valence-electron chi connectivity index (χ4n) is 2.00. The Hall–Kier alpha value is -1.68. The number of carbonyl (C=O) groups excluding carboxylic acids is 1. The molecule has 0 fully saturated rings. The number of hydrogen-bond donors (Lipinski definition) is 1. The maximum absolute atomic E-state index is 11.8. The van der Waals surface area contributed by atoms with Crippen molar-refractivity contribution in [2.24, 2.45) is 11.0 Å². The average molecular weight is 274 g/mol. The van der Waals surface area contributed by atoms with Crippen LogP contribution in [0.3, 0.4) is 0 Å². The Morgan fingerprint density at radius 1 is 1.58 bits per heavy atom. The Kier molecular flexibility index (Phi) is 4.32. The minimum absolute atomic E-state index is 0.146. The van der Waals surface area contributed by atoms with Crippen molar-refractivity contribution in [3.63, 3.8) is 0 Å². The lowest BCUT2D eigenvalue weighted by atomic mass is 9.85. The zero-order valence-corrected chi connectivity index (χ0v) is 12.1. The van der Waals surface area contributed by atoms with Crippen molar-refractivity contribution < 1.29 is 4.79 Å². The molecule has 4 heteroatoms. The van der Waals surface area contributed by atoms with Gasteiger partial charge < -0.3 is 0 Å². The van der Waals surface area contributed by atoms with E-state index in [1.54, 1.807) is 6.07 Å². The summed E-state index contributed by atoms with van der Waals surface area (Å²) in [7, 11) is 0. The van der Waals surface area contributed by atoms with Crippen LogP contribution in [0.4, 0.5) is 0 Å². The Balaban J connectivity index is 2.06. The third-order valence-corrected chi connectivity index (χ3v) is 4.21. The maximum Gasteiger partial charge on any atom is 0.281 e. The molecule has 0 saturated carbocycles. The first-order valence-corrected chi connectivity index (χ1v) is 7.19. The van der Waals surface area contributed by atoms with Crippen LogP contribution in [0.15, 0.2) is 46.4 Å². The van der Waals surface area contributed by atoms with Crippen molar-refractivity contribution in [3.05, 3.63) is 46.2 Å². The summed E-state index contributed by atoms with van der Waals surface area (Å²) in [5, 5.41) is 6.15. The predicted molar refractivity (Wildman–Crippen MR) is 80.5 cm³/mol. The van der Waals surface area contributed by atoms with Crippen LogP contribution < -0.4 is 5.43 Å². The number of thiophene rings is 1. The van der Waals surface area contributed by atoms with E-state index in [1.165, 1.54) is 16.9 Å². The molecule has 0 bridgehead atoms.